The number of aromatic nitrogens is 1. The van der Waals surface area contributed by atoms with E-state index in [0.717, 1.165) is 69.6 Å². The molecule has 0 bridgehead atoms. The van der Waals surface area contributed by atoms with Crippen LogP contribution in [-0.2, 0) is 11.3 Å². The van der Waals surface area contributed by atoms with Gasteiger partial charge in [0.05, 0.1) is 19.8 Å². The van der Waals surface area contributed by atoms with Gasteiger partial charge in [-0.25, -0.2) is 9.98 Å². The molecular weight excluding hydrogens is 354 g/mol. The van der Waals surface area contributed by atoms with Gasteiger partial charge in [0.2, 0.25) is 5.88 Å². The first-order valence-corrected chi connectivity index (χ1v) is 10.7. The van der Waals surface area contributed by atoms with E-state index in [1.54, 1.807) is 0 Å². The van der Waals surface area contributed by atoms with E-state index in [1.165, 1.54) is 12.8 Å². The average molecular weight is 390 g/mol. The molecule has 1 unspecified atom stereocenters. The minimum Gasteiger partial charge on any atom is -0.474 e. The molecule has 0 spiro atoms. The van der Waals surface area contributed by atoms with Crippen LogP contribution in [0.5, 0.6) is 5.88 Å². The van der Waals surface area contributed by atoms with Crippen LogP contribution in [0, 0.1) is 0 Å². The third-order valence-corrected chi connectivity index (χ3v) is 5.39. The first-order chi connectivity index (χ1) is 13.7. The number of pyridine rings is 1. The third kappa shape index (κ3) is 6.63. The lowest BCUT2D eigenvalue weighted by molar-refractivity contribution is 0.0211. The fourth-order valence-corrected chi connectivity index (χ4v) is 3.65. The lowest BCUT2D eigenvalue weighted by Crippen LogP contribution is -2.49. The summed E-state index contributed by atoms with van der Waals surface area (Å²) in [6, 6.07) is 4.46. The second-order valence-corrected chi connectivity index (χ2v) is 7.60. The van der Waals surface area contributed by atoms with Crippen LogP contribution in [0.2, 0.25) is 0 Å². The van der Waals surface area contributed by atoms with Crippen LogP contribution in [0.25, 0.3) is 0 Å². The number of morpholine rings is 1. The van der Waals surface area contributed by atoms with Gasteiger partial charge in [0, 0.05) is 44.5 Å². The molecule has 1 aromatic rings. The van der Waals surface area contributed by atoms with Gasteiger partial charge in [0.1, 0.15) is 6.10 Å². The van der Waals surface area contributed by atoms with Crippen molar-refractivity contribution in [1.29, 1.82) is 0 Å². The zero-order valence-electron chi connectivity index (χ0n) is 17.3. The van der Waals surface area contributed by atoms with Crippen molar-refractivity contribution in [2.24, 2.45) is 4.99 Å². The molecule has 1 saturated heterocycles. The number of nitrogens with zero attached hydrogens (tertiary/aromatic N) is 3. The standard InChI is InChI=1S/C21H35N5O2/c1-3-22-21(24-14-17(2)26-10-12-27-13-11-26)25-16-18-8-9-20(23-15-18)28-19-6-4-5-7-19/h8-9,15,17,19H,3-7,10-14,16H2,1-2H3,(H2,22,24,25). The predicted octanol–water partition coefficient (Wildman–Crippen LogP) is 2.18. The second kappa shape index (κ2) is 11.2. The lowest BCUT2D eigenvalue weighted by Gasteiger charge is -2.32. The van der Waals surface area contributed by atoms with Gasteiger partial charge in [-0.2, -0.15) is 0 Å². The molecule has 0 radical (unpaired) electrons. The van der Waals surface area contributed by atoms with Gasteiger partial charge in [0.25, 0.3) is 0 Å². The number of rotatable bonds is 8. The Kier molecular flexibility index (Phi) is 8.36. The molecular formula is C21H35N5O2. The van der Waals surface area contributed by atoms with Crippen LogP contribution < -0.4 is 15.4 Å². The van der Waals surface area contributed by atoms with Gasteiger partial charge in [-0.05, 0) is 45.1 Å². The molecule has 2 fully saturated rings. The van der Waals surface area contributed by atoms with Crippen molar-refractivity contribution >= 4 is 5.96 Å². The van der Waals surface area contributed by atoms with E-state index in [1.807, 2.05) is 12.3 Å². The summed E-state index contributed by atoms with van der Waals surface area (Å²) < 4.78 is 11.4. The summed E-state index contributed by atoms with van der Waals surface area (Å²) in [5.41, 5.74) is 1.08. The van der Waals surface area contributed by atoms with Crippen LogP contribution in [0.3, 0.4) is 0 Å². The summed E-state index contributed by atoms with van der Waals surface area (Å²) in [5, 5.41) is 6.78. The van der Waals surface area contributed by atoms with E-state index in [0.29, 0.717) is 18.7 Å². The number of hydrogen-bond donors (Lipinski definition) is 2. The number of aliphatic imine (C=N–C) groups is 1. The molecule has 1 aliphatic heterocycles. The Labute approximate surface area is 168 Å². The van der Waals surface area contributed by atoms with Crippen molar-refractivity contribution in [1.82, 2.24) is 20.5 Å². The molecule has 156 valence electrons. The highest BCUT2D eigenvalue weighted by molar-refractivity contribution is 5.79. The molecule has 1 saturated carbocycles. The van der Waals surface area contributed by atoms with Crippen LogP contribution in [-0.4, -0.2) is 67.4 Å². The minimum absolute atomic E-state index is 0.342. The Hall–Kier alpha value is -1.86. The van der Waals surface area contributed by atoms with Crippen LogP contribution in [0.4, 0.5) is 0 Å². The van der Waals surface area contributed by atoms with Gasteiger partial charge < -0.3 is 20.1 Å². The highest BCUT2D eigenvalue weighted by Gasteiger charge is 2.18. The van der Waals surface area contributed by atoms with Crippen molar-refractivity contribution in [3.8, 4) is 5.88 Å². The predicted molar refractivity (Wildman–Crippen MR) is 112 cm³/mol. The fourth-order valence-electron chi connectivity index (χ4n) is 3.65. The first kappa shape index (κ1) is 20.9. The van der Waals surface area contributed by atoms with Crippen molar-refractivity contribution in [2.45, 2.75) is 58.2 Å². The zero-order chi connectivity index (χ0) is 19.6. The van der Waals surface area contributed by atoms with Crippen molar-refractivity contribution in [3.63, 3.8) is 0 Å². The first-order valence-electron chi connectivity index (χ1n) is 10.7. The van der Waals surface area contributed by atoms with Gasteiger partial charge in [-0.15, -0.1) is 0 Å². The summed E-state index contributed by atoms with van der Waals surface area (Å²) in [5.74, 6) is 1.57. The summed E-state index contributed by atoms with van der Waals surface area (Å²) in [6.07, 6.45) is 7.04. The molecule has 2 N–H and O–H groups in total. The summed E-state index contributed by atoms with van der Waals surface area (Å²) in [7, 11) is 0. The average Bonchev–Trinajstić information content (AvgIpc) is 3.24. The monoisotopic (exact) mass is 389 g/mol. The highest BCUT2D eigenvalue weighted by Crippen LogP contribution is 2.22. The van der Waals surface area contributed by atoms with E-state index in [9.17, 15) is 0 Å². The molecule has 7 nitrogen and oxygen atoms in total. The second-order valence-electron chi connectivity index (χ2n) is 7.60. The topological polar surface area (TPSA) is 71.0 Å². The van der Waals surface area contributed by atoms with E-state index in [2.05, 4.69) is 40.4 Å². The summed E-state index contributed by atoms with van der Waals surface area (Å²) in [6.45, 7) is 10.3. The SMILES string of the molecule is CCNC(=NCc1ccc(OC2CCCC2)nc1)NCC(C)N1CCOCC1. The Balaban J connectivity index is 1.47. The smallest absolute Gasteiger partial charge is 0.213 e. The van der Waals surface area contributed by atoms with E-state index in [4.69, 9.17) is 14.5 Å². The molecule has 2 aliphatic rings. The summed E-state index contributed by atoms with van der Waals surface area (Å²) >= 11 is 0. The van der Waals surface area contributed by atoms with Gasteiger partial charge in [0.15, 0.2) is 5.96 Å². The zero-order valence-corrected chi connectivity index (χ0v) is 17.3. The maximum Gasteiger partial charge on any atom is 0.213 e. The molecule has 7 heteroatoms. The molecule has 3 rings (SSSR count). The molecule has 2 heterocycles. The molecule has 0 aromatic carbocycles. The van der Waals surface area contributed by atoms with Crippen LogP contribution in [0.1, 0.15) is 45.1 Å². The third-order valence-electron chi connectivity index (χ3n) is 5.39. The van der Waals surface area contributed by atoms with E-state index in [-0.39, 0.29) is 0 Å². The fraction of sp³-hybridized carbons (Fsp3) is 0.714. The summed E-state index contributed by atoms with van der Waals surface area (Å²) in [4.78, 5) is 11.6. The Bertz CT molecular complexity index is 595. The van der Waals surface area contributed by atoms with Gasteiger partial charge in [-0.3, -0.25) is 4.90 Å². The largest absolute Gasteiger partial charge is 0.474 e. The number of ether oxygens (including phenoxy) is 2. The normalized spacial score (nSPS) is 20.1. The van der Waals surface area contributed by atoms with Crippen molar-refractivity contribution in [2.75, 3.05) is 39.4 Å². The Morgan fingerprint density at radius 3 is 2.75 bits per heavy atom. The molecule has 1 aromatic heterocycles. The van der Waals surface area contributed by atoms with Crippen LogP contribution >= 0.6 is 0 Å². The molecule has 1 atom stereocenters. The van der Waals surface area contributed by atoms with Crippen molar-refractivity contribution in [3.05, 3.63) is 23.9 Å². The number of hydrogen-bond acceptors (Lipinski definition) is 5. The number of nitrogens with one attached hydrogen (secondary N) is 2. The molecule has 28 heavy (non-hydrogen) atoms. The van der Waals surface area contributed by atoms with E-state index < -0.39 is 0 Å². The lowest BCUT2D eigenvalue weighted by atomic mass is 10.2. The minimum atomic E-state index is 0.342. The maximum absolute atomic E-state index is 5.93. The van der Waals surface area contributed by atoms with Gasteiger partial charge in [-0.1, -0.05) is 6.07 Å². The molecule has 0 amide bonds. The Morgan fingerprint density at radius 1 is 1.29 bits per heavy atom. The quantitative estimate of drug-likeness (QED) is 0.525. The molecule has 1 aliphatic carbocycles. The van der Waals surface area contributed by atoms with Gasteiger partial charge >= 0.3 is 0 Å². The van der Waals surface area contributed by atoms with Crippen molar-refractivity contribution < 1.29 is 9.47 Å². The highest BCUT2D eigenvalue weighted by atomic mass is 16.5. The van der Waals surface area contributed by atoms with E-state index >= 15 is 0 Å². The number of guanidine groups is 1. The Morgan fingerprint density at radius 2 is 2.07 bits per heavy atom. The van der Waals surface area contributed by atoms with Crippen LogP contribution in [0.15, 0.2) is 23.3 Å². The maximum atomic E-state index is 5.93.